The van der Waals surface area contributed by atoms with Crippen molar-refractivity contribution in [2.75, 3.05) is 12.8 Å². The molecule has 86 valence electrons. The van der Waals surface area contributed by atoms with E-state index >= 15 is 0 Å². The van der Waals surface area contributed by atoms with Crippen molar-refractivity contribution in [1.82, 2.24) is 10.2 Å². The Balaban J connectivity index is 2.70. The van der Waals surface area contributed by atoms with Gasteiger partial charge in [0.15, 0.2) is 11.5 Å². The lowest BCUT2D eigenvalue weighted by atomic mass is 10.0. The van der Waals surface area contributed by atoms with Gasteiger partial charge in [-0.15, -0.1) is 0 Å². The summed E-state index contributed by atoms with van der Waals surface area (Å²) in [5, 5.41) is 25.2. The predicted molar refractivity (Wildman–Crippen MR) is 61.4 cm³/mol. The number of anilines is 1. The quantitative estimate of drug-likeness (QED) is 0.719. The Morgan fingerprint density at radius 1 is 1.47 bits per heavy atom. The second kappa shape index (κ2) is 4.06. The third kappa shape index (κ3) is 1.74. The van der Waals surface area contributed by atoms with E-state index in [-0.39, 0.29) is 11.5 Å². The third-order valence-corrected chi connectivity index (χ3v) is 2.38. The van der Waals surface area contributed by atoms with Crippen LogP contribution in [0.25, 0.3) is 11.1 Å². The van der Waals surface area contributed by atoms with E-state index in [4.69, 9.17) is 15.7 Å². The van der Waals surface area contributed by atoms with Crippen molar-refractivity contribution in [1.29, 1.82) is 5.26 Å². The standard InChI is InChI=1S/C11H10N4O2/c1-17-9-3-6(4-12)2-7(10(9)16)8-5-14-15-11(8)13/h2-3,5,16H,1H3,(H3,13,14,15). The highest BCUT2D eigenvalue weighted by molar-refractivity contribution is 5.81. The molecule has 1 aromatic heterocycles. The molecule has 2 rings (SSSR count). The van der Waals surface area contributed by atoms with Crippen LogP contribution in [0.5, 0.6) is 11.5 Å². The number of benzene rings is 1. The van der Waals surface area contributed by atoms with Gasteiger partial charge in [0, 0.05) is 17.2 Å². The van der Waals surface area contributed by atoms with Crippen molar-refractivity contribution in [3.05, 3.63) is 23.9 Å². The summed E-state index contributed by atoms with van der Waals surface area (Å²) >= 11 is 0. The lowest BCUT2D eigenvalue weighted by molar-refractivity contribution is 0.374. The largest absolute Gasteiger partial charge is 0.504 e. The molecule has 0 aliphatic heterocycles. The third-order valence-electron chi connectivity index (χ3n) is 2.38. The number of nitriles is 1. The number of hydrogen-bond donors (Lipinski definition) is 3. The van der Waals surface area contributed by atoms with E-state index in [1.807, 2.05) is 6.07 Å². The van der Waals surface area contributed by atoms with Gasteiger partial charge < -0.3 is 15.6 Å². The van der Waals surface area contributed by atoms with Gasteiger partial charge in [0.05, 0.1) is 24.9 Å². The number of H-pyrrole nitrogens is 1. The number of nitrogens with two attached hydrogens (primary N) is 1. The van der Waals surface area contributed by atoms with Crippen LogP contribution in [0.2, 0.25) is 0 Å². The molecular formula is C11H10N4O2. The number of nitrogen functional groups attached to an aromatic ring is 1. The van der Waals surface area contributed by atoms with Crippen LogP contribution in [0.1, 0.15) is 5.56 Å². The van der Waals surface area contributed by atoms with Crippen LogP contribution in [0.4, 0.5) is 5.82 Å². The molecule has 0 bridgehead atoms. The zero-order valence-corrected chi connectivity index (χ0v) is 9.06. The van der Waals surface area contributed by atoms with Crippen molar-refractivity contribution in [2.24, 2.45) is 0 Å². The van der Waals surface area contributed by atoms with Gasteiger partial charge in [0.1, 0.15) is 5.82 Å². The average molecular weight is 230 g/mol. The highest BCUT2D eigenvalue weighted by Gasteiger charge is 2.15. The number of ether oxygens (including phenoxy) is 1. The van der Waals surface area contributed by atoms with Gasteiger partial charge in [-0.1, -0.05) is 0 Å². The molecule has 0 saturated heterocycles. The SMILES string of the molecule is COc1cc(C#N)cc(-c2cn[nH]c2N)c1O. The highest BCUT2D eigenvalue weighted by atomic mass is 16.5. The maximum Gasteiger partial charge on any atom is 0.165 e. The molecule has 0 aliphatic rings. The number of nitrogens with one attached hydrogen (secondary N) is 1. The van der Waals surface area contributed by atoms with Crippen LogP contribution in [0.15, 0.2) is 18.3 Å². The van der Waals surface area contributed by atoms with Crippen LogP contribution >= 0.6 is 0 Å². The minimum absolute atomic E-state index is 0.0698. The topological polar surface area (TPSA) is 108 Å². The first kappa shape index (κ1) is 10.8. The summed E-state index contributed by atoms with van der Waals surface area (Å²) in [7, 11) is 1.42. The summed E-state index contributed by atoms with van der Waals surface area (Å²) in [5.74, 6) is 0.469. The lowest BCUT2D eigenvalue weighted by Crippen LogP contribution is -1.91. The van der Waals surface area contributed by atoms with Gasteiger partial charge >= 0.3 is 0 Å². The molecule has 6 nitrogen and oxygen atoms in total. The van der Waals surface area contributed by atoms with Gasteiger partial charge in [0.25, 0.3) is 0 Å². The molecule has 0 fully saturated rings. The number of methoxy groups -OCH3 is 1. The minimum Gasteiger partial charge on any atom is -0.504 e. The van der Waals surface area contributed by atoms with E-state index in [0.717, 1.165) is 0 Å². The Kier molecular flexibility index (Phi) is 2.58. The first-order valence-electron chi connectivity index (χ1n) is 4.77. The first-order valence-corrected chi connectivity index (χ1v) is 4.77. The molecule has 4 N–H and O–H groups in total. The van der Waals surface area contributed by atoms with Crippen molar-refractivity contribution in [2.45, 2.75) is 0 Å². The zero-order valence-electron chi connectivity index (χ0n) is 9.06. The molecule has 1 heterocycles. The molecule has 2 aromatic rings. The van der Waals surface area contributed by atoms with Gasteiger partial charge in [-0.05, 0) is 6.07 Å². The molecule has 0 unspecified atom stereocenters. The van der Waals surface area contributed by atoms with Gasteiger partial charge in [-0.2, -0.15) is 10.4 Å². The number of phenols is 1. The molecule has 0 aliphatic carbocycles. The molecule has 0 atom stereocenters. The second-order valence-electron chi connectivity index (χ2n) is 3.38. The molecule has 6 heteroatoms. The molecule has 17 heavy (non-hydrogen) atoms. The Labute approximate surface area is 97.3 Å². The normalized spacial score (nSPS) is 9.88. The monoisotopic (exact) mass is 230 g/mol. The minimum atomic E-state index is -0.0698. The number of aromatic hydroxyl groups is 1. The van der Waals surface area contributed by atoms with Crippen LogP contribution in [0.3, 0.4) is 0 Å². The number of aromatic nitrogens is 2. The van der Waals surface area contributed by atoms with Crippen molar-refractivity contribution < 1.29 is 9.84 Å². The summed E-state index contributed by atoms with van der Waals surface area (Å²) < 4.78 is 4.99. The fourth-order valence-electron chi connectivity index (χ4n) is 1.54. The maximum absolute atomic E-state index is 9.97. The predicted octanol–water partition coefficient (Wildman–Crippen LogP) is 1.24. The van der Waals surface area contributed by atoms with Gasteiger partial charge in [-0.25, -0.2) is 0 Å². The van der Waals surface area contributed by atoms with E-state index in [2.05, 4.69) is 10.2 Å². The van der Waals surface area contributed by atoms with Gasteiger partial charge in [-0.3, -0.25) is 5.10 Å². The van der Waals surface area contributed by atoms with E-state index in [1.165, 1.54) is 25.4 Å². The van der Waals surface area contributed by atoms with Crippen LogP contribution < -0.4 is 10.5 Å². The fourth-order valence-corrected chi connectivity index (χ4v) is 1.54. The summed E-state index contributed by atoms with van der Waals surface area (Å²) in [5.41, 5.74) is 6.98. The first-order chi connectivity index (χ1) is 8.17. The van der Waals surface area contributed by atoms with E-state index < -0.39 is 0 Å². The molecule has 0 spiro atoms. The number of hydrogen-bond acceptors (Lipinski definition) is 5. The average Bonchev–Trinajstić information content (AvgIpc) is 2.76. The lowest BCUT2D eigenvalue weighted by Gasteiger charge is -2.08. The molecule has 0 amide bonds. The highest BCUT2D eigenvalue weighted by Crippen LogP contribution is 2.39. The van der Waals surface area contributed by atoms with Crippen LogP contribution in [0, 0.1) is 11.3 Å². The van der Waals surface area contributed by atoms with Crippen molar-refractivity contribution in [3.8, 4) is 28.7 Å². The van der Waals surface area contributed by atoms with Crippen molar-refractivity contribution in [3.63, 3.8) is 0 Å². The second-order valence-corrected chi connectivity index (χ2v) is 3.38. The smallest absolute Gasteiger partial charge is 0.165 e. The summed E-state index contributed by atoms with van der Waals surface area (Å²) in [4.78, 5) is 0. The fraction of sp³-hybridized carbons (Fsp3) is 0.0909. The van der Waals surface area contributed by atoms with E-state index in [0.29, 0.717) is 22.5 Å². The summed E-state index contributed by atoms with van der Waals surface area (Å²) in [6.45, 7) is 0. The Morgan fingerprint density at radius 2 is 2.24 bits per heavy atom. The van der Waals surface area contributed by atoms with Crippen LogP contribution in [-0.4, -0.2) is 22.4 Å². The Bertz CT molecular complexity index is 598. The summed E-state index contributed by atoms with van der Waals surface area (Å²) in [6.07, 6.45) is 1.48. The maximum atomic E-state index is 9.97. The van der Waals surface area contributed by atoms with Gasteiger partial charge in [0.2, 0.25) is 0 Å². The number of phenolic OH excluding ortho intramolecular Hbond substituents is 1. The molecule has 0 saturated carbocycles. The number of aromatic amines is 1. The zero-order chi connectivity index (χ0) is 12.4. The van der Waals surface area contributed by atoms with Crippen LogP contribution in [-0.2, 0) is 0 Å². The Hall–Kier alpha value is -2.68. The molecule has 1 aromatic carbocycles. The number of rotatable bonds is 2. The molecule has 0 radical (unpaired) electrons. The van der Waals surface area contributed by atoms with E-state index in [1.54, 1.807) is 0 Å². The Morgan fingerprint density at radius 3 is 2.76 bits per heavy atom. The summed E-state index contributed by atoms with van der Waals surface area (Å²) in [6, 6.07) is 4.97. The molecular weight excluding hydrogens is 220 g/mol. The number of nitrogens with zero attached hydrogens (tertiary/aromatic N) is 2. The van der Waals surface area contributed by atoms with Crippen molar-refractivity contribution >= 4 is 5.82 Å². The van der Waals surface area contributed by atoms with E-state index in [9.17, 15) is 5.11 Å².